The largest absolute Gasteiger partial charge is 0.467 e. The molecule has 2 aromatic heterocycles. The summed E-state index contributed by atoms with van der Waals surface area (Å²) < 4.78 is 44.4. The summed E-state index contributed by atoms with van der Waals surface area (Å²) in [6.07, 6.45) is -3.23. The van der Waals surface area contributed by atoms with Gasteiger partial charge in [-0.3, -0.25) is 4.79 Å². The lowest BCUT2D eigenvalue weighted by Gasteiger charge is -2.12. The van der Waals surface area contributed by atoms with Crippen LogP contribution in [-0.4, -0.2) is 22.5 Å². The van der Waals surface area contributed by atoms with Gasteiger partial charge in [0, 0.05) is 10.9 Å². The van der Waals surface area contributed by atoms with Gasteiger partial charge in [-0.15, -0.1) is 11.3 Å². The number of fused-ring (bicyclic) bond motifs is 1. The van der Waals surface area contributed by atoms with Crippen LogP contribution in [0, 0.1) is 6.92 Å². The Labute approximate surface area is 189 Å². The Kier molecular flexibility index (Phi) is 6.03. The lowest BCUT2D eigenvalue weighted by atomic mass is 10.0. The molecular formula is C22H15ClF3N3O2S. The van der Waals surface area contributed by atoms with E-state index in [0.717, 1.165) is 34.9 Å². The normalized spacial score (nSPS) is 11.5. The molecule has 0 saturated heterocycles. The van der Waals surface area contributed by atoms with Gasteiger partial charge in [0.15, 0.2) is 6.61 Å². The number of rotatable bonds is 5. The minimum absolute atomic E-state index is 0.0183. The van der Waals surface area contributed by atoms with E-state index in [1.54, 1.807) is 0 Å². The van der Waals surface area contributed by atoms with E-state index in [1.807, 2.05) is 36.6 Å². The van der Waals surface area contributed by atoms with Gasteiger partial charge in [0.1, 0.15) is 11.2 Å². The molecule has 0 aliphatic heterocycles. The predicted molar refractivity (Wildman–Crippen MR) is 118 cm³/mol. The first kappa shape index (κ1) is 22.0. The van der Waals surface area contributed by atoms with E-state index in [-0.39, 0.29) is 16.6 Å². The fourth-order valence-electron chi connectivity index (χ4n) is 3.02. The fourth-order valence-corrected chi connectivity index (χ4v) is 4.09. The number of carbonyl (C=O) groups excluding carboxylic acids is 1. The third-order valence-corrected chi connectivity index (χ3v) is 5.82. The van der Waals surface area contributed by atoms with E-state index >= 15 is 0 Å². The number of nitrogens with zero attached hydrogens (tertiary/aromatic N) is 2. The van der Waals surface area contributed by atoms with Crippen LogP contribution in [0.1, 0.15) is 11.1 Å². The number of hydrogen-bond acceptors (Lipinski definition) is 5. The summed E-state index contributed by atoms with van der Waals surface area (Å²) in [6.45, 7) is 1.52. The summed E-state index contributed by atoms with van der Waals surface area (Å²) in [5.41, 5.74) is 1.85. The second-order valence-electron chi connectivity index (χ2n) is 6.90. The smallest absolute Gasteiger partial charge is 0.416 e. The zero-order valence-electron chi connectivity index (χ0n) is 16.5. The molecule has 0 aliphatic rings. The number of hydrogen-bond donors (Lipinski definition) is 1. The lowest BCUT2D eigenvalue weighted by molar-refractivity contribution is -0.137. The Morgan fingerprint density at radius 1 is 1.16 bits per heavy atom. The van der Waals surface area contributed by atoms with Crippen LogP contribution in [0.2, 0.25) is 5.02 Å². The summed E-state index contributed by atoms with van der Waals surface area (Å²) >= 11 is 7.34. The molecule has 0 bridgehead atoms. The molecule has 0 unspecified atom stereocenters. The summed E-state index contributed by atoms with van der Waals surface area (Å²) in [4.78, 5) is 21.4. The summed E-state index contributed by atoms with van der Waals surface area (Å²) in [5, 5.41) is 4.92. The first-order valence-electron chi connectivity index (χ1n) is 9.31. The first-order valence-corrected chi connectivity index (χ1v) is 10.6. The van der Waals surface area contributed by atoms with Gasteiger partial charge >= 0.3 is 6.18 Å². The van der Waals surface area contributed by atoms with Gasteiger partial charge in [0.05, 0.1) is 21.7 Å². The molecule has 0 atom stereocenters. The van der Waals surface area contributed by atoms with Gasteiger partial charge in [-0.25, -0.2) is 9.97 Å². The maximum absolute atomic E-state index is 12.9. The third kappa shape index (κ3) is 4.68. The minimum Gasteiger partial charge on any atom is -0.467 e. The zero-order chi connectivity index (χ0) is 22.9. The topological polar surface area (TPSA) is 64.1 Å². The van der Waals surface area contributed by atoms with E-state index < -0.39 is 24.3 Å². The molecule has 5 nitrogen and oxygen atoms in total. The molecule has 0 aliphatic carbocycles. The molecule has 32 heavy (non-hydrogen) atoms. The second kappa shape index (κ2) is 8.76. The highest BCUT2D eigenvalue weighted by atomic mass is 35.5. The molecule has 0 spiro atoms. The van der Waals surface area contributed by atoms with Gasteiger partial charge in [0.25, 0.3) is 5.91 Å². The Hall–Kier alpha value is -3.17. The second-order valence-corrected chi connectivity index (χ2v) is 8.17. The van der Waals surface area contributed by atoms with Gasteiger partial charge in [-0.2, -0.15) is 13.2 Å². The highest BCUT2D eigenvalue weighted by molar-refractivity contribution is 7.17. The molecule has 10 heteroatoms. The fraction of sp³-hybridized carbons (Fsp3) is 0.136. The van der Waals surface area contributed by atoms with Crippen LogP contribution in [-0.2, 0) is 11.0 Å². The summed E-state index contributed by atoms with van der Waals surface area (Å²) in [6, 6.07) is 10.6. The molecule has 2 aromatic carbocycles. The number of halogens is 4. The molecular weight excluding hydrogens is 463 g/mol. The van der Waals surface area contributed by atoms with Gasteiger partial charge < -0.3 is 10.1 Å². The summed E-state index contributed by atoms with van der Waals surface area (Å²) in [7, 11) is 0. The van der Waals surface area contributed by atoms with Gasteiger partial charge in [-0.05, 0) is 30.7 Å². The molecule has 4 aromatic rings. The minimum atomic E-state index is -4.56. The van der Waals surface area contributed by atoms with Crippen LogP contribution in [0.4, 0.5) is 18.9 Å². The van der Waals surface area contributed by atoms with Crippen molar-refractivity contribution in [3.8, 4) is 17.0 Å². The number of benzene rings is 2. The van der Waals surface area contributed by atoms with E-state index in [2.05, 4.69) is 15.3 Å². The average molecular weight is 478 g/mol. The van der Waals surface area contributed by atoms with Crippen LogP contribution < -0.4 is 10.1 Å². The van der Waals surface area contributed by atoms with Crippen molar-refractivity contribution < 1.29 is 22.7 Å². The van der Waals surface area contributed by atoms with E-state index in [4.69, 9.17) is 16.3 Å². The van der Waals surface area contributed by atoms with Crippen molar-refractivity contribution in [2.45, 2.75) is 13.1 Å². The molecule has 0 saturated carbocycles. The van der Waals surface area contributed by atoms with E-state index in [0.29, 0.717) is 10.2 Å². The molecule has 2 heterocycles. The Morgan fingerprint density at radius 3 is 2.62 bits per heavy atom. The molecule has 0 radical (unpaired) electrons. The number of ether oxygens (including phenoxy) is 1. The molecule has 1 N–H and O–H groups in total. The highest BCUT2D eigenvalue weighted by Gasteiger charge is 2.31. The monoisotopic (exact) mass is 477 g/mol. The number of nitrogens with one attached hydrogen (secondary N) is 1. The molecule has 0 fully saturated rings. The van der Waals surface area contributed by atoms with Crippen molar-refractivity contribution in [3.05, 3.63) is 70.3 Å². The third-order valence-electron chi connectivity index (χ3n) is 4.61. The standard InChI is InChI=1S/C22H15ClF3N3O2S/c1-12-2-4-13(5-3-12)15-10-32-21-19(15)20(27-11-28-21)31-9-18(30)29-17-8-14(22(24,25)26)6-7-16(17)23/h2-8,10-11H,9H2,1H3,(H,29,30). The van der Waals surface area contributed by atoms with Crippen molar-refractivity contribution in [1.29, 1.82) is 0 Å². The van der Waals surface area contributed by atoms with Crippen LogP contribution in [0.5, 0.6) is 5.88 Å². The highest BCUT2D eigenvalue weighted by Crippen LogP contribution is 2.38. The van der Waals surface area contributed by atoms with Crippen LogP contribution in [0.25, 0.3) is 21.3 Å². The molecule has 164 valence electrons. The number of alkyl halides is 3. The Morgan fingerprint density at radius 2 is 1.91 bits per heavy atom. The maximum Gasteiger partial charge on any atom is 0.416 e. The number of carbonyl (C=O) groups is 1. The molecule has 1 amide bonds. The van der Waals surface area contributed by atoms with E-state index in [9.17, 15) is 18.0 Å². The lowest BCUT2D eigenvalue weighted by Crippen LogP contribution is -2.21. The first-order chi connectivity index (χ1) is 15.2. The van der Waals surface area contributed by atoms with Crippen molar-refractivity contribution in [2.24, 2.45) is 0 Å². The van der Waals surface area contributed by atoms with Crippen molar-refractivity contribution >= 4 is 44.7 Å². The van der Waals surface area contributed by atoms with Crippen LogP contribution in [0.15, 0.2) is 54.2 Å². The van der Waals surface area contributed by atoms with Crippen LogP contribution in [0.3, 0.4) is 0 Å². The van der Waals surface area contributed by atoms with Crippen LogP contribution >= 0.6 is 22.9 Å². The zero-order valence-corrected chi connectivity index (χ0v) is 18.1. The van der Waals surface area contributed by atoms with Crippen molar-refractivity contribution in [1.82, 2.24) is 9.97 Å². The number of aromatic nitrogens is 2. The van der Waals surface area contributed by atoms with Gasteiger partial charge in [0.2, 0.25) is 5.88 Å². The Bertz CT molecular complexity index is 1290. The van der Waals surface area contributed by atoms with E-state index in [1.165, 1.54) is 17.7 Å². The quantitative estimate of drug-likeness (QED) is 0.363. The van der Waals surface area contributed by atoms with Crippen molar-refractivity contribution in [2.75, 3.05) is 11.9 Å². The number of amides is 1. The summed E-state index contributed by atoms with van der Waals surface area (Å²) in [5.74, 6) is -0.470. The number of thiophene rings is 1. The van der Waals surface area contributed by atoms with Crippen molar-refractivity contribution in [3.63, 3.8) is 0 Å². The maximum atomic E-state index is 12.9. The SMILES string of the molecule is Cc1ccc(-c2csc3ncnc(OCC(=O)Nc4cc(C(F)(F)F)ccc4Cl)c23)cc1. The number of anilines is 1. The van der Waals surface area contributed by atoms with Gasteiger partial charge in [-0.1, -0.05) is 41.4 Å². The Balaban J connectivity index is 1.54. The molecule has 4 rings (SSSR count). The average Bonchev–Trinajstić information content (AvgIpc) is 3.18. The predicted octanol–water partition coefficient (Wildman–Crippen LogP) is 6.36. The number of aryl methyl sites for hydroxylation is 1.